The standard InChI is InChI=1S/C19H23N5O.HI/c1-4-20-19(21-12-18-23-14(3)25-24-18)22-13(2)16-11-7-9-15-8-5-6-10-17(15)16;/h5-11,13H,4,12H2,1-3H3,(H2,20,21,22);1H. The summed E-state index contributed by atoms with van der Waals surface area (Å²) in [5.41, 5.74) is 1.24. The monoisotopic (exact) mass is 465 g/mol. The van der Waals surface area contributed by atoms with Crippen LogP contribution in [-0.4, -0.2) is 22.6 Å². The second kappa shape index (κ2) is 9.51. The first-order valence-corrected chi connectivity index (χ1v) is 8.49. The summed E-state index contributed by atoms with van der Waals surface area (Å²) in [5, 5.41) is 13.1. The number of guanidine groups is 1. The van der Waals surface area contributed by atoms with Gasteiger partial charge in [0.15, 0.2) is 11.8 Å². The minimum Gasteiger partial charge on any atom is -0.357 e. The Morgan fingerprint density at radius 3 is 2.69 bits per heavy atom. The molecule has 0 radical (unpaired) electrons. The van der Waals surface area contributed by atoms with Gasteiger partial charge >= 0.3 is 0 Å². The molecule has 2 aromatic carbocycles. The molecule has 26 heavy (non-hydrogen) atoms. The number of benzene rings is 2. The van der Waals surface area contributed by atoms with E-state index in [0.717, 1.165) is 12.5 Å². The Kier molecular flexibility index (Phi) is 7.38. The van der Waals surface area contributed by atoms with E-state index in [1.807, 2.05) is 6.92 Å². The van der Waals surface area contributed by atoms with Crippen molar-refractivity contribution < 1.29 is 4.52 Å². The first-order chi connectivity index (χ1) is 12.2. The van der Waals surface area contributed by atoms with Gasteiger partial charge in [0.1, 0.15) is 6.54 Å². The van der Waals surface area contributed by atoms with E-state index in [1.54, 1.807) is 6.92 Å². The van der Waals surface area contributed by atoms with Gasteiger partial charge in [-0.15, -0.1) is 24.0 Å². The van der Waals surface area contributed by atoms with Crippen molar-refractivity contribution in [3.05, 3.63) is 59.7 Å². The second-order valence-electron chi connectivity index (χ2n) is 5.86. The van der Waals surface area contributed by atoms with E-state index in [4.69, 9.17) is 4.52 Å². The van der Waals surface area contributed by atoms with Gasteiger partial charge in [-0.1, -0.05) is 47.6 Å². The number of aryl methyl sites for hydroxylation is 1. The number of nitrogens with zero attached hydrogens (tertiary/aromatic N) is 3. The number of halogens is 1. The number of hydrogen-bond acceptors (Lipinski definition) is 4. The number of aromatic nitrogens is 2. The molecular weight excluding hydrogens is 441 g/mol. The Morgan fingerprint density at radius 1 is 1.19 bits per heavy atom. The van der Waals surface area contributed by atoms with Crippen molar-refractivity contribution in [3.63, 3.8) is 0 Å². The van der Waals surface area contributed by atoms with Crippen LogP contribution in [0.25, 0.3) is 10.8 Å². The van der Waals surface area contributed by atoms with Gasteiger partial charge < -0.3 is 15.2 Å². The Bertz CT molecular complexity index is 872. The molecule has 0 spiro atoms. The topological polar surface area (TPSA) is 75.3 Å². The molecule has 3 rings (SSSR count). The van der Waals surface area contributed by atoms with Crippen LogP contribution in [-0.2, 0) is 6.54 Å². The Labute approximate surface area is 170 Å². The molecule has 0 aliphatic heterocycles. The van der Waals surface area contributed by atoms with Crippen molar-refractivity contribution in [3.8, 4) is 0 Å². The maximum atomic E-state index is 4.98. The third-order valence-electron chi connectivity index (χ3n) is 3.94. The van der Waals surface area contributed by atoms with Crippen molar-refractivity contribution in [1.29, 1.82) is 0 Å². The summed E-state index contributed by atoms with van der Waals surface area (Å²) >= 11 is 0. The third kappa shape index (κ3) is 4.94. The van der Waals surface area contributed by atoms with Crippen LogP contribution in [0.15, 0.2) is 52.0 Å². The number of aliphatic imine (C=N–C) groups is 1. The lowest BCUT2D eigenvalue weighted by Gasteiger charge is -2.19. The van der Waals surface area contributed by atoms with Crippen LogP contribution in [0.5, 0.6) is 0 Å². The zero-order chi connectivity index (χ0) is 17.6. The van der Waals surface area contributed by atoms with E-state index in [1.165, 1.54) is 16.3 Å². The van der Waals surface area contributed by atoms with Crippen molar-refractivity contribution in [2.24, 2.45) is 4.99 Å². The summed E-state index contributed by atoms with van der Waals surface area (Å²) in [6.45, 7) is 7.09. The summed E-state index contributed by atoms with van der Waals surface area (Å²) in [6.07, 6.45) is 0. The van der Waals surface area contributed by atoms with Gasteiger partial charge in [-0.3, -0.25) is 0 Å². The average Bonchev–Trinajstić information content (AvgIpc) is 3.04. The lowest BCUT2D eigenvalue weighted by atomic mass is 10.00. The summed E-state index contributed by atoms with van der Waals surface area (Å²) in [4.78, 5) is 8.73. The molecule has 138 valence electrons. The molecule has 0 saturated carbocycles. The number of hydrogen-bond donors (Lipinski definition) is 2. The maximum absolute atomic E-state index is 4.98. The van der Waals surface area contributed by atoms with Crippen LogP contribution in [0.1, 0.15) is 37.2 Å². The van der Waals surface area contributed by atoms with Crippen LogP contribution >= 0.6 is 24.0 Å². The van der Waals surface area contributed by atoms with Crippen molar-refractivity contribution >= 4 is 40.7 Å². The summed E-state index contributed by atoms with van der Waals surface area (Å²) in [6, 6.07) is 14.9. The van der Waals surface area contributed by atoms with Crippen molar-refractivity contribution in [1.82, 2.24) is 20.8 Å². The van der Waals surface area contributed by atoms with Crippen LogP contribution in [0, 0.1) is 6.92 Å². The molecular formula is C19H24IN5O. The van der Waals surface area contributed by atoms with E-state index in [0.29, 0.717) is 18.3 Å². The lowest BCUT2D eigenvalue weighted by Crippen LogP contribution is -2.38. The van der Waals surface area contributed by atoms with Crippen molar-refractivity contribution in [2.45, 2.75) is 33.4 Å². The molecule has 0 bridgehead atoms. The Balaban J connectivity index is 0.00000243. The van der Waals surface area contributed by atoms with Gasteiger partial charge in [-0.05, 0) is 30.2 Å². The van der Waals surface area contributed by atoms with Gasteiger partial charge in [0, 0.05) is 13.5 Å². The van der Waals surface area contributed by atoms with Gasteiger partial charge in [0.25, 0.3) is 0 Å². The first kappa shape index (κ1) is 20.2. The fourth-order valence-corrected chi connectivity index (χ4v) is 2.79. The highest BCUT2D eigenvalue weighted by Crippen LogP contribution is 2.23. The molecule has 0 aliphatic carbocycles. The smallest absolute Gasteiger partial charge is 0.223 e. The summed E-state index contributed by atoms with van der Waals surface area (Å²) in [5.74, 6) is 1.85. The zero-order valence-corrected chi connectivity index (χ0v) is 17.5. The van der Waals surface area contributed by atoms with Crippen LogP contribution < -0.4 is 10.6 Å². The summed E-state index contributed by atoms with van der Waals surface area (Å²) < 4.78 is 4.98. The molecule has 1 unspecified atom stereocenters. The van der Waals surface area contributed by atoms with E-state index in [2.05, 4.69) is 75.2 Å². The molecule has 0 aliphatic rings. The van der Waals surface area contributed by atoms with E-state index >= 15 is 0 Å². The molecule has 3 aromatic rings. The summed E-state index contributed by atoms with van der Waals surface area (Å²) in [7, 11) is 0. The molecule has 1 atom stereocenters. The molecule has 0 fully saturated rings. The number of fused-ring (bicyclic) bond motifs is 1. The predicted octanol–water partition coefficient (Wildman–Crippen LogP) is 3.97. The quantitative estimate of drug-likeness (QED) is 0.339. The number of rotatable bonds is 5. The second-order valence-corrected chi connectivity index (χ2v) is 5.86. The zero-order valence-electron chi connectivity index (χ0n) is 15.2. The first-order valence-electron chi connectivity index (χ1n) is 8.49. The predicted molar refractivity (Wildman–Crippen MR) is 115 cm³/mol. The minimum absolute atomic E-state index is 0. The molecule has 1 aromatic heterocycles. The van der Waals surface area contributed by atoms with Gasteiger partial charge in [0.05, 0.1) is 6.04 Å². The van der Waals surface area contributed by atoms with Gasteiger partial charge in [-0.25, -0.2) is 4.99 Å². The number of nitrogens with one attached hydrogen (secondary N) is 2. The van der Waals surface area contributed by atoms with Crippen molar-refractivity contribution in [2.75, 3.05) is 6.54 Å². The Morgan fingerprint density at radius 2 is 1.96 bits per heavy atom. The molecule has 0 amide bonds. The highest BCUT2D eigenvalue weighted by molar-refractivity contribution is 14.0. The highest BCUT2D eigenvalue weighted by atomic mass is 127. The molecule has 2 N–H and O–H groups in total. The van der Waals surface area contributed by atoms with E-state index < -0.39 is 0 Å². The van der Waals surface area contributed by atoms with E-state index in [9.17, 15) is 0 Å². The molecule has 0 saturated heterocycles. The minimum atomic E-state index is 0. The fourth-order valence-electron chi connectivity index (χ4n) is 2.79. The third-order valence-corrected chi connectivity index (χ3v) is 3.94. The van der Waals surface area contributed by atoms with Crippen LogP contribution in [0.4, 0.5) is 0 Å². The van der Waals surface area contributed by atoms with Crippen LogP contribution in [0.2, 0.25) is 0 Å². The fraction of sp³-hybridized carbons (Fsp3) is 0.316. The average molecular weight is 465 g/mol. The maximum Gasteiger partial charge on any atom is 0.223 e. The normalized spacial score (nSPS) is 12.5. The largest absolute Gasteiger partial charge is 0.357 e. The SMILES string of the molecule is CCNC(=NCc1noc(C)n1)NC(C)c1cccc2ccccc12.I. The molecule has 6 nitrogen and oxygen atoms in total. The van der Waals surface area contributed by atoms with Gasteiger partial charge in [-0.2, -0.15) is 4.98 Å². The van der Waals surface area contributed by atoms with E-state index in [-0.39, 0.29) is 30.0 Å². The lowest BCUT2D eigenvalue weighted by molar-refractivity contribution is 0.387. The molecule has 1 heterocycles. The van der Waals surface area contributed by atoms with Gasteiger partial charge in [0.2, 0.25) is 5.89 Å². The molecule has 7 heteroatoms. The Hall–Kier alpha value is -2.16. The highest BCUT2D eigenvalue weighted by Gasteiger charge is 2.11. The van der Waals surface area contributed by atoms with Crippen LogP contribution in [0.3, 0.4) is 0 Å².